The van der Waals surface area contributed by atoms with E-state index in [1.165, 1.54) is 25.2 Å². The average molecular weight is 352 g/mol. The summed E-state index contributed by atoms with van der Waals surface area (Å²) in [5.74, 6) is -1.13. The third kappa shape index (κ3) is 5.66. The Labute approximate surface area is 146 Å². The number of ether oxygens (including phenoxy) is 2. The maximum Gasteiger partial charge on any atom is 0.323 e. The number of rotatable bonds is 9. The van der Waals surface area contributed by atoms with Crippen LogP contribution in [0.5, 0.6) is 11.5 Å². The van der Waals surface area contributed by atoms with E-state index in [-0.39, 0.29) is 12.6 Å². The van der Waals surface area contributed by atoms with E-state index in [2.05, 4.69) is 5.32 Å². The minimum atomic E-state index is -1.10. The maximum atomic E-state index is 12.2. The number of benzene rings is 1. The molecule has 2 amide bonds. The molecule has 0 aromatic heterocycles. The first-order valence-corrected chi connectivity index (χ1v) is 7.85. The first-order valence-electron chi connectivity index (χ1n) is 7.85. The van der Waals surface area contributed by atoms with Crippen LogP contribution in [-0.2, 0) is 9.59 Å². The molecule has 1 rings (SSSR count). The Morgan fingerprint density at radius 1 is 1.20 bits per heavy atom. The molecule has 8 nitrogen and oxygen atoms in total. The molecule has 1 unspecified atom stereocenters. The van der Waals surface area contributed by atoms with Crippen molar-refractivity contribution in [3.63, 3.8) is 0 Å². The van der Waals surface area contributed by atoms with E-state index in [1.807, 2.05) is 6.92 Å². The van der Waals surface area contributed by atoms with Crippen LogP contribution in [0.3, 0.4) is 0 Å². The standard InChI is InChI=1S/C17H24N2O6/c1-5-11(2)19(10-16(21)22)15(20)9-18-17(23)12-6-7-13(24-3)14(8-12)25-4/h6-8,11H,5,9-10H2,1-4H3,(H,18,23)(H,21,22). The highest BCUT2D eigenvalue weighted by atomic mass is 16.5. The number of hydrogen-bond donors (Lipinski definition) is 2. The van der Waals surface area contributed by atoms with Gasteiger partial charge in [0.05, 0.1) is 20.8 Å². The Balaban J connectivity index is 2.77. The number of nitrogens with zero attached hydrogens (tertiary/aromatic N) is 1. The highest BCUT2D eigenvalue weighted by Gasteiger charge is 2.22. The fourth-order valence-corrected chi connectivity index (χ4v) is 2.19. The monoisotopic (exact) mass is 352 g/mol. The van der Waals surface area contributed by atoms with Crippen LogP contribution in [-0.4, -0.2) is 61.1 Å². The summed E-state index contributed by atoms with van der Waals surface area (Å²) in [6.07, 6.45) is 0.614. The van der Waals surface area contributed by atoms with Crippen LogP contribution in [0.25, 0.3) is 0 Å². The normalized spacial score (nSPS) is 11.4. The molecule has 0 radical (unpaired) electrons. The van der Waals surface area contributed by atoms with Gasteiger partial charge in [0.25, 0.3) is 5.91 Å². The summed E-state index contributed by atoms with van der Waals surface area (Å²) in [5, 5.41) is 11.4. The lowest BCUT2D eigenvalue weighted by atomic mass is 10.2. The van der Waals surface area contributed by atoms with Crippen molar-refractivity contribution in [1.82, 2.24) is 10.2 Å². The first-order chi connectivity index (χ1) is 11.8. The molecule has 0 fully saturated rings. The molecule has 0 saturated carbocycles. The molecule has 8 heteroatoms. The van der Waals surface area contributed by atoms with Crippen molar-refractivity contribution in [3.8, 4) is 11.5 Å². The van der Waals surface area contributed by atoms with Gasteiger partial charge in [-0.05, 0) is 31.5 Å². The van der Waals surface area contributed by atoms with Crippen molar-refractivity contribution >= 4 is 17.8 Å². The van der Waals surface area contributed by atoms with Gasteiger partial charge in [0, 0.05) is 11.6 Å². The van der Waals surface area contributed by atoms with Gasteiger partial charge in [-0.15, -0.1) is 0 Å². The van der Waals surface area contributed by atoms with Gasteiger partial charge < -0.3 is 24.8 Å². The average Bonchev–Trinajstić information content (AvgIpc) is 2.62. The number of carbonyl (C=O) groups excluding carboxylic acids is 2. The number of hydrogen-bond acceptors (Lipinski definition) is 5. The van der Waals surface area contributed by atoms with Crippen LogP contribution in [0.1, 0.15) is 30.6 Å². The Kier molecular flexibility index (Phi) is 7.71. The summed E-state index contributed by atoms with van der Waals surface area (Å²) in [4.78, 5) is 36.6. The van der Waals surface area contributed by atoms with Crippen molar-refractivity contribution in [3.05, 3.63) is 23.8 Å². The minimum Gasteiger partial charge on any atom is -0.493 e. The van der Waals surface area contributed by atoms with E-state index in [9.17, 15) is 14.4 Å². The zero-order chi connectivity index (χ0) is 19.0. The largest absolute Gasteiger partial charge is 0.493 e. The van der Waals surface area contributed by atoms with E-state index < -0.39 is 24.3 Å². The summed E-state index contributed by atoms with van der Waals surface area (Å²) < 4.78 is 10.2. The van der Waals surface area contributed by atoms with Crippen molar-refractivity contribution in [2.75, 3.05) is 27.3 Å². The SMILES string of the molecule is CCC(C)N(CC(=O)O)C(=O)CNC(=O)c1ccc(OC)c(OC)c1. The van der Waals surface area contributed by atoms with E-state index in [0.29, 0.717) is 23.5 Å². The number of carbonyl (C=O) groups is 3. The number of aliphatic carboxylic acids is 1. The quantitative estimate of drug-likeness (QED) is 0.691. The van der Waals surface area contributed by atoms with E-state index in [0.717, 1.165) is 0 Å². The molecule has 0 bridgehead atoms. The summed E-state index contributed by atoms with van der Waals surface area (Å²) in [7, 11) is 2.95. The molecule has 0 aliphatic heterocycles. The lowest BCUT2D eigenvalue weighted by Gasteiger charge is -2.27. The fourth-order valence-electron chi connectivity index (χ4n) is 2.19. The summed E-state index contributed by atoms with van der Waals surface area (Å²) in [6.45, 7) is 2.93. The van der Waals surface area contributed by atoms with Crippen molar-refractivity contribution in [2.45, 2.75) is 26.3 Å². The number of carboxylic acid groups (broad SMARTS) is 1. The molecule has 1 aromatic carbocycles. The lowest BCUT2D eigenvalue weighted by Crippen LogP contribution is -2.46. The van der Waals surface area contributed by atoms with Crippen LogP contribution >= 0.6 is 0 Å². The lowest BCUT2D eigenvalue weighted by molar-refractivity contribution is -0.145. The predicted molar refractivity (Wildman–Crippen MR) is 91.0 cm³/mol. The van der Waals surface area contributed by atoms with Crippen LogP contribution in [0, 0.1) is 0 Å². The summed E-state index contributed by atoms with van der Waals surface area (Å²) in [6, 6.07) is 4.40. The Hall–Kier alpha value is -2.77. The van der Waals surface area contributed by atoms with Gasteiger partial charge in [0.2, 0.25) is 5.91 Å². The summed E-state index contributed by atoms with van der Waals surface area (Å²) in [5.41, 5.74) is 0.304. The van der Waals surface area contributed by atoms with Gasteiger partial charge in [-0.1, -0.05) is 6.92 Å². The van der Waals surface area contributed by atoms with E-state index >= 15 is 0 Å². The highest BCUT2D eigenvalue weighted by Crippen LogP contribution is 2.27. The number of amides is 2. The molecule has 25 heavy (non-hydrogen) atoms. The maximum absolute atomic E-state index is 12.2. The van der Waals surface area contributed by atoms with Crippen LogP contribution in [0.4, 0.5) is 0 Å². The fraction of sp³-hybridized carbons (Fsp3) is 0.471. The van der Waals surface area contributed by atoms with Crippen molar-refractivity contribution in [2.24, 2.45) is 0 Å². The van der Waals surface area contributed by atoms with Gasteiger partial charge in [-0.25, -0.2) is 0 Å². The van der Waals surface area contributed by atoms with Crippen LogP contribution < -0.4 is 14.8 Å². The van der Waals surface area contributed by atoms with Crippen LogP contribution in [0.15, 0.2) is 18.2 Å². The third-order valence-electron chi connectivity index (χ3n) is 3.79. The van der Waals surface area contributed by atoms with Crippen molar-refractivity contribution in [1.29, 1.82) is 0 Å². The molecule has 2 N–H and O–H groups in total. The van der Waals surface area contributed by atoms with Gasteiger partial charge >= 0.3 is 5.97 Å². The van der Waals surface area contributed by atoms with Gasteiger partial charge in [0.1, 0.15) is 6.54 Å². The topological polar surface area (TPSA) is 105 Å². The van der Waals surface area contributed by atoms with Crippen LogP contribution in [0.2, 0.25) is 0 Å². The second-order valence-corrected chi connectivity index (χ2v) is 5.43. The Morgan fingerprint density at radius 2 is 1.84 bits per heavy atom. The zero-order valence-corrected chi connectivity index (χ0v) is 14.9. The molecular weight excluding hydrogens is 328 g/mol. The molecule has 0 aliphatic rings. The zero-order valence-electron chi connectivity index (χ0n) is 14.9. The number of carboxylic acids is 1. The highest BCUT2D eigenvalue weighted by molar-refractivity contribution is 5.97. The molecule has 138 valence electrons. The minimum absolute atomic E-state index is 0.235. The van der Waals surface area contributed by atoms with Gasteiger partial charge in [0.15, 0.2) is 11.5 Å². The summed E-state index contributed by atoms with van der Waals surface area (Å²) >= 11 is 0. The van der Waals surface area contributed by atoms with E-state index in [4.69, 9.17) is 14.6 Å². The Morgan fingerprint density at radius 3 is 2.36 bits per heavy atom. The number of nitrogens with one attached hydrogen (secondary N) is 1. The molecule has 1 aromatic rings. The third-order valence-corrected chi connectivity index (χ3v) is 3.79. The van der Waals surface area contributed by atoms with E-state index in [1.54, 1.807) is 19.1 Å². The first kappa shape index (κ1) is 20.3. The molecule has 1 atom stereocenters. The van der Waals surface area contributed by atoms with Crippen molar-refractivity contribution < 1.29 is 29.0 Å². The smallest absolute Gasteiger partial charge is 0.323 e. The molecule has 0 spiro atoms. The molecule has 0 saturated heterocycles. The number of methoxy groups -OCH3 is 2. The molecule has 0 aliphatic carbocycles. The molecule has 0 heterocycles. The molecular formula is C17H24N2O6. The van der Waals surface area contributed by atoms with Gasteiger partial charge in [-0.3, -0.25) is 14.4 Å². The second-order valence-electron chi connectivity index (χ2n) is 5.43. The second kappa shape index (κ2) is 9.51. The predicted octanol–water partition coefficient (Wildman–Crippen LogP) is 1.15. The van der Waals surface area contributed by atoms with Gasteiger partial charge in [-0.2, -0.15) is 0 Å². The Bertz CT molecular complexity index is 632.